The Labute approximate surface area is 180 Å². The largest absolute Gasteiger partial charge is 0.450 e. The van der Waals surface area contributed by atoms with Gasteiger partial charge in [0.2, 0.25) is 0 Å². The monoisotopic (exact) mass is 430 g/mol. The van der Waals surface area contributed by atoms with Crippen molar-refractivity contribution >= 4 is 40.2 Å². The summed E-state index contributed by atoms with van der Waals surface area (Å²) >= 11 is 6.54. The smallest absolute Gasteiger partial charge is 0.319 e. The molecule has 0 atom stereocenters. The lowest BCUT2D eigenvalue weighted by molar-refractivity contribution is 0.0923. The molecule has 1 aromatic carbocycles. The fourth-order valence-corrected chi connectivity index (χ4v) is 5.48. The molecule has 1 saturated heterocycles. The molecule has 0 unspecified atom stereocenters. The highest BCUT2D eigenvalue weighted by atomic mass is 35.5. The number of hydrogen-bond acceptors (Lipinski definition) is 4. The van der Waals surface area contributed by atoms with Gasteiger partial charge in [0.25, 0.3) is 5.91 Å². The van der Waals surface area contributed by atoms with Gasteiger partial charge in [-0.2, -0.15) is 0 Å². The van der Waals surface area contributed by atoms with E-state index in [0.29, 0.717) is 22.8 Å². The molecule has 8 heteroatoms. The van der Waals surface area contributed by atoms with Gasteiger partial charge in [-0.3, -0.25) is 4.79 Å². The second-order valence-corrected chi connectivity index (χ2v) is 9.07. The lowest BCUT2D eigenvalue weighted by atomic mass is 9.74. The summed E-state index contributed by atoms with van der Waals surface area (Å²) in [4.78, 5) is 27.4. The van der Waals surface area contributed by atoms with E-state index in [0.717, 1.165) is 62.7 Å². The summed E-state index contributed by atoms with van der Waals surface area (Å²) < 4.78 is 6.09. The Bertz CT molecular complexity index is 990. The lowest BCUT2D eigenvalue weighted by Gasteiger charge is -2.42. The van der Waals surface area contributed by atoms with Crippen LogP contribution in [0.5, 0.6) is 0 Å². The van der Waals surface area contributed by atoms with Gasteiger partial charge in [-0.15, -0.1) is 0 Å². The maximum Gasteiger partial charge on any atom is 0.319 e. The van der Waals surface area contributed by atoms with Crippen molar-refractivity contribution in [1.29, 1.82) is 0 Å². The van der Waals surface area contributed by atoms with Gasteiger partial charge in [-0.05, 0) is 50.9 Å². The predicted molar refractivity (Wildman–Crippen MR) is 116 cm³/mol. The minimum absolute atomic E-state index is 0.222. The van der Waals surface area contributed by atoms with Crippen molar-refractivity contribution in [1.82, 2.24) is 15.5 Å². The normalized spacial score (nSPS) is 20.8. The average molecular weight is 431 g/mol. The molecule has 5 rings (SSSR count). The summed E-state index contributed by atoms with van der Waals surface area (Å²) in [7, 11) is 0. The fraction of sp³-hybridized carbons (Fsp3) is 0.545. The minimum Gasteiger partial charge on any atom is -0.450 e. The van der Waals surface area contributed by atoms with Crippen LogP contribution in [0.1, 0.15) is 61.1 Å². The van der Waals surface area contributed by atoms with Gasteiger partial charge >= 0.3 is 6.03 Å². The standard InChI is InChI=1S/C22H27ClN4O3/c23-15-12-14-13-16(20(28)24-8-11-27-9-4-5-10-27)30-19(14)17-18(15)25-21(29)26-22(17)6-2-1-3-7-22/h12-13H,1-11H2,(H,24,28)(H2,25,26,29). The summed E-state index contributed by atoms with van der Waals surface area (Å²) in [6.07, 6.45) is 7.33. The van der Waals surface area contributed by atoms with E-state index < -0.39 is 5.54 Å². The SMILES string of the molecule is O=C1Nc2c(Cl)cc3cc(C(=O)NCCN4CCCC4)oc3c2C2(CCCCC2)N1. The van der Waals surface area contributed by atoms with Crippen molar-refractivity contribution in [3.63, 3.8) is 0 Å². The van der Waals surface area contributed by atoms with E-state index in [1.807, 2.05) is 0 Å². The second-order valence-electron chi connectivity index (χ2n) is 8.66. The molecule has 3 amide bonds. The van der Waals surface area contributed by atoms with Crippen molar-refractivity contribution in [3.05, 3.63) is 28.5 Å². The molecule has 2 fully saturated rings. The van der Waals surface area contributed by atoms with E-state index in [1.54, 1.807) is 12.1 Å². The first-order valence-corrected chi connectivity index (χ1v) is 11.3. The predicted octanol–water partition coefficient (Wildman–Crippen LogP) is 4.21. The molecule has 1 aromatic heterocycles. The molecule has 1 aliphatic carbocycles. The van der Waals surface area contributed by atoms with Crippen molar-refractivity contribution in [2.45, 2.75) is 50.5 Å². The fourth-order valence-electron chi connectivity index (χ4n) is 5.22. The number of anilines is 1. The van der Waals surface area contributed by atoms with Crippen molar-refractivity contribution in [2.75, 3.05) is 31.5 Å². The number of likely N-dealkylation sites (tertiary alicyclic amines) is 1. The summed E-state index contributed by atoms with van der Waals surface area (Å²) in [6, 6.07) is 3.28. The van der Waals surface area contributed by atoms with Crippen LogP contribution in [0.2, 0.25) is 5.02 Å². The number of carbonyl (C=O) groups excluding carboxylic acids is 2. The summed E-state index contributed by atoms with van der Waals surface area (Å²) in [5.41, 5.74) is 1.61. The van der Waals surface area contributed by atoms with Gasteiger partial charge < -0.3 is 25.3 Å². The Hall–Kier alpha value is -2.25. The molecular weight excluding hydrogens is 404 g/mol. The van der Waals surface area contributed by atoms with Crippen molar-refractivity contribution in [2.24, 2.45) is 0 Å². The van der Waals surface area contributed by atoms with E-state index in [2.05, 4.69) is 20.9 Å². The minimum atomic E-state index is -0.500. The number of benzene rings is 1. The van der Waals surface area contributed by atoms with Gasteiger partial charge in [-0.25, -0.2) is 4.79 Å². The molecule has 0 bridgehead atoms. The molecule has 0 radical (unpaired) electrons. The van der Waals surface area contributed by atoms with Crippen LogP contribution in [-0.4, -0.2) is 43.0 Å². The topological polar surface area (TPSA) is 86.6 Å². The molecule has 2 aromatic rings. The van der Waals surface area contributed by atoms with Gasteiger partial charge in [-0.1, -0.05) is 30.9 Å². The Morgan fingerprint density at radius 3 is 2.70 bits per heavy atom. The number of urea groups is 1. The first kappa shape index (κ1) is 19.7. The number of nitrogens with one attached hydrogen (secondary N) is 3. The molecule has 3 aliphatic rings. The summed E-state index contributed by atoms with van der Waals surface area (Å²) in [5, 5.41) is 10.2. The number of carbonyl (C=O) groups is 2. The van der Waals surface area contributed by atoms with Crippen molar-refractivity contribution in [3.8, 4) is 0 Å². The van der Waals surface area contributed by atoms with E-state index in [4.69, 9.17) is 16.0 Å². The number of amides is 3. The highest BCUT2D eigenvalue weighted by Crippen LogP contribution is 2.48. The zero-order valence-corrected chi connectivity index (χ0v) is 17.7. The second kappa shape index (κ2) is 7.78. The molecule has 2 aliphatic heterocycles. The van der Waals surface area contributed by atoms with Crippen LogP contribution < -0.4 is 16.0 Å². The third-order valence-corrected chi connectivity index (χ3v) is 6.97. The molecule has 1 saturated carbocycles. The third kappa shape index (κ3) is 3.44. The summed E-state index contributed by atoms with van der Waals surface area (Å²) in [5.74, 6) is 0.0551. The number of furan rings is 1. The van der Waals surface area contributed by atoms with Crippen LogP contribution in [0.4, 0.5) is 10.5 Å². The van der Waals surface area contributed by atoms with Gasteiger partial charge in [0.1, 0.15) is 5.58 Å². The number of fused-ring (bicyclic) bond motifs is 4. The van der Waals surface area contributed by atoms with E-state index >= 15 is 0 Å². The Morgan fingerprint density at radius 2 is 1.93 bits per heavy atom. The Kier molecular flexibility index (Phi) is 5.11. The van der Waals surface area contributed by atoms with E-state index in [9.17, 15) is 9.59 Å². The molecule has 7 nitrogen and oxygen atoms in total. The highest BCUT2D eigenvalue weighted by molar-refractivity contribution is 6.35. The maximum atomic E-state index is 12.7. The molecule has 160 valence electrons. The van der Waals surface area contributed by atoms with Gasteiger partial charge in [0, 0.05) is 24.0 Å². The number of halogens is 1. The molecule has 1 spiro atoms. The molecule has 30 heavy (non-hydrogen) atoms. The first-order chi connectivity index (χ1) is 14.6. The van der Waals surface area contributed by atoms with Crippen LogP contribution in [0.15, 0.2) is 16.5 Å². The first-order valence-electron chi connectivity index (χ1n) is 10.9. The number of hydrogen-bond donors (Lipinski definition) is 3. The maximum absolute atomic E-state index is 12.7. The zero-order valence-electron chi connectivity index (χ0n) is 17.0. The van der Waals surface area contributed by atoms with Crippen LogP contribution in [-0.2, 0) is 5.54 Å². The summed E-state index contributed by atoms with van der Waals surface area (Å²) in [6.45, 7) is 3.65. The number of rotatable bonds is 4. The Balaban J connectivity index is 1.46. The van der Waals surface area contributed by atoms with Crippen LogP contribution in [0, 0.1) is 0 Å². The van der Waals surface area contributed by atoms with Crippen LogP contribution in [0.25, 0.3) is 11.0 Å². The Morgan fingerprint density at radius 1 is 1.17 bits per heavy atom. The van der Waals surface area contributed by atoms with Crippen molar-refractivity contribution < 1.29 is 14.0 Å². The molecule has 3 heterocycles. The van der Waals surface area contributed by atoms with Gasteiger partial charge in [0.15, 0.2) is 5.76 Å². The van der Waals surface area contributed by atoms with Gasteiger partial charge in [0.05, 0.1) is 16.2 Å². The number of nitrogens with zero attached hydrogens (tertiary/aromatic N) is 1. The van der Waals surface area contributed by atoms with Crippen LogP contribution in [0.3, 0.4) is 0 Å². The molecule has 3 N–H and O–H groups in total. The quantitative estimate of drug-likeness (QED) is 0.678. The zero-order chi connectivity index (χ0) is 20.7. The highest BCUT2D eigenvalue weighted by Gasteiger charge is 2.43. The van der Waals surface area contributed by atoms with Crippen LogP contribution >= 0.6 is 11.6 Å². The molecular formula is C22H27ClN4O3. The average Bonchev–Trinajstić information content (AvgIpc) is 3.38. The third-order valence-electron chi connectivity index (χ3n) is 6.67. The lowest BCUT2D eigenvalue weighted by Crippen LogP contribution is -2.52. The van der Waals surface area contributed by atoms with E-state index in [1.165, 1.54) is 12.8 Å². The van der Waals surface area contributed by atoms with E-state index in [-0.39, 0.29) is 17.7 Å².